The van der Waals surface area contributed by atoms with Crippen molar-refractivity contribution in [1.29, 1.82) is 0 Å². The second-order valence-corrected chi connectivity index (χ2v) is 6.62. The maximum atomic E-state index is 9.79. The molecule has 1 aromatic rings. The van der Waals surface area contributed by atoms with Crippen LogP contribution in [0.1, 0.15) is 45.7 Å². The molecule has 0 saturated carbocycles. The Hall–Kier alpha value is -1.06. The number of phenolic OH excluding ortho intramolecular Hbond substituents is 1. The lowest BCUT2D eigenvalue weighted by molar-refractivity contribution is 0.0131. The molecule has 3 atom stereocenters. The summed E-state index contributed by atoms with van der Waals surface area (Å²) in [7, 11) is 0. The summed E-state index contributed by atoms with van der Waals surface area (Å²) in [5, 5.41) is 9.79. The van der Waals surface area contributed by atoms with Crippen LogP contribution in [0.3, 0.4) is 0 Å². The molecule has 0 aromatic heterocycles. The first-order valence-corrected chi connectivity index (χ1v) is 8.13. The van der Waals surface area contributed by atoms with E-state index in [-0.39, 0.29) is 6.10 Å². The minimum Gasteiger partial charge on any atom is -0.508 e. The molecule has 1 unspecified atom stereocenters. The van der Waals surface area contributed by atoms with Gasteiger partial charge in [0, 0.05) is 12.6 Å². The van der Waals surface area contributed by atoms with Crippen LogP contribution < -0.4 is 0 Å². The van der Waals surface area contributed by atoms with Gasteiger partial charge in [0.1, 0.15) is 5.75 Å². The fourth-order valence-electron chi connectivity index (χ4n) is 3.29. The molecule has 3 nitrogen and oxygen atoms in total. The van der Waals surface area contributed by atoms with E-state index in [1.807, 2.05) is 12.1 Å². The first kappa shape index (κ1) is 16.3. The van der Waals surface area contributed by atoms with Gasteiger partial charge in [-0.3, -0.25) is 4.90 Å². The van der Waals surface area contributed by atoms with Crippen LogP contribution in [0.2, 0.25) is 0 Å². The minimum absolute atomic E-state index is 0.283. The average Bonchev–Trinajstić information content (AvgIpc) is 2.42. The number of nitrogens with zero attached hydrogens (tertiary/aromatic N) is 1. The highest BCUT2D eigenvalue weighted by atomic mass is 16.5. The van der Waals surface area contributed by atoms with Crippen LogP contribution in [-0.2, 0) is 4.74 Å². The highest BCUT2D eigenvalue weighted by molar-refractivity contribution is 5.30. The summed E-state index contributed by atoms with van der Waals surface area (Å²) < 4.78 is 5.72. The van der Waals surface area contributed by atoms with Gasteiger partial charge in [-0.2, -0.15) is 0 Å². The van der Waals surface area contributed by atoms with E-state index in [9.17, 15) is 5.11 Å². The van der Waals surface area contributed by atoms with E-state index >= 15 is 0 Å². The van der Waals surface area contributed by atoms with E-state index in [0.29, 0.717) is 23.6 Å². The smallest absolute Gasteiger partial charge is 0.115 e. The summed E-state index contributed by atoms with van der Waals surface area (Å²) in [6.45, 7) is 11.6. The molecule has 0 aliphatic carbocycles. The second kappa shape index (κ2) is 7.28. The van der Waals surface area contributed by atoms with E-state index in [1.165, 1.54) is 12.0 Å². The van der Waals surface area contributed by atoms with E-state index in [0.717, 1.165) is 19.7 Å². The standard InChI is InChI=1S/C18H29NO2/c1-13(2)21-11-10-19-9-8-14(3)15(4)18(19)16-6-5-7-17(20)12-16/h5-7,12-15,18,20H,8-11H2,1-4H3/t14-,15+,18?/m0/s1. The molecule has 0 radical (unpaired) electrons. The van der Waals surface area contributed by atoms with Crippen LogP contribution in [0.5, 0.6) is 5.75 Å². The molecule has 1 aliphatic heterocycles. The number of piperidine rings is 1. The third kappa shape index (κ3) is 4.21. The number of hydrogen-bond donors (Lipinski definition) is 1. The van der Waals surface area contributed by atoms with Crippen molar-refractivity contribution in [3.8, 4) is 5.75 Å². The van der Waals surface area contributed by atoms with Crippen molar-refractivity contribution in [3.05, 3.63) is 29.8 Å². The predicted molar refractivity (Wildman–Crippen MR) is 86.5 cm³/mol. The topological polar surface area (TPSA) is 32.7 Å². The average molecular weight is 291 g/mol. The monoisotopic (exact) mass is 291 g/mol. The van der Waals surface area contributed by atoms with Crippen molar-refractivity contribution >= 4 is 0 Å². The van der Waals surface area contributed by atoms with Crippen molar-refractivity contribution in [2.45, 2.75) is 46.3 Å². The van der Waals surface area contributed by atoms with Gasteiger partial charge in [-0.05, 0) is 56.3 Å². The van der Waals surface area contributed by atoms with E-state index < -0.39 is 0 Å². The molecule has 1 fully saturated rings. The van der Waals surface area contributed by atoms with E-state index in [2.05, 4.69) is 38.7 Å². The summed E-state index contributed by atoms with van der Waals surface area (Å²) in [4.78, 5) is 2.52. The lowest BCUT2D eigenvalue weighted by Gasteiger charge is -2.43. The molecule has 1 N–H and O–H groups in total. The molecule has 1 heterocycles. The summed E-state index contributed by atoms with van der Waals surface area (Å²) in [5.74, 6) is 1.65. The van der Waals surface area contributed by atoms with E-state index in [1.54, 1.807) is 6.07 Å². The lowest BCUT2D eigenvalue weighted by atomic mass is 9.79. The van der Waals surface area contributed by atoms with Gasteiger partial charge in [-0.25, -0.2) is 0 Å². The lowest BCUT2D eigenvalue weighted by Crippen LogP contribution is -2.43. The Morgan fingerprint density at radius 2 is 2.10 bits per heavy atom. The number of likely N-dealkylation sites (tertiary alicyclic amines) is 1. The molecule has 2 rings (SSSR count). The number of hydrogen-bond acceptors (Lipinski definition) is 3. The fourth-order valence-corrected chi connectivity index (χ4v) is 3.29. The fraction of sp³-hybridized carbons (Fsp3) is 0.667. The maximum absolute atomic E-state index is 9.79. The summed E-state index contributed by atoms with van der Waals surface area (Å²) in [6.07, 6.45) is 1.52. The highest BCUT2D eigenvalue weighted by Gasteiger charge is 2.33. The van der Waals surface area contributed by atoms with Crippen LogP contribution in [-0.4, -0.2) is 35.8 Å². The molecule has 1 aromatic carbocycles. The maximum Gasteiger partial charge on any atom is 0.115 e. The van der Waals surface area contributed by atoms with Crippen LogP contribution in [0.15, 0.2) is 24.3 Å². The Morgan fingerprint density at radius 3 is 2.76 bits per heavy atom. The van der Waals surface area contributed by atoms with Gasteiger partial charge < -0.3 is 9.84 Å². The first-order chi connectivity index (χ1) is 9.99. The van der Waals surface area contributed by atoms with Gasteiger partial charge in [0.15, 0.2) is 0 Å². The van der Waals surface area contributed by atoms with E-state index in [4.69, 9.17) is 4.74 Å². The van der Waals surface area contributed by atoms with Crippen molar-refractivity contribution in [2.24, 2.45) is 11.8 Å². The van der Waals surface area contributed by atoms with Crippen LogP contribution >= 0.6 is 0 Å². The van der Waals surface area contributed by atoms with Gasteiger partial charge in [0.2, 0.25) is 0 Å². The van der Waals surface area contributed by atoms with Crippen molar-refractivity contribution < 1.29 is 9.84 Å². The third-order valence-corrected chi connectivity index (χ3v) is 4.70. The van der Waals surface area contributed by atoms with Gasteiger partial charge in [0.05, 0.1) is 12.7 Å². The molecule has 1 aliphatic rings. The zero-order chi connectivity index (χ0) is 15.4. The Bertz CT molecular complexity index is 447. The Morgan fingerprint density at radius 1 is 1.33 bits per heavy atom. The molecular formula is C18H29NO2. The Kier molecular flexibility index (Phi) is 5.65. The van der Waals surface area contributed by atoms with Crippen molar-refractivity contribution in [2.75, 3.05) is 19.7 Å². The number of ether oxygens (including phenoxy) is 1. The number of aromatic hydroxyl groups is 1. The molecular weight excluding hydrogens is 262 g/mol. The predicted octanol–water partition coefficient (Wildman–Crippen LogP) is 3.84. The Labute approximate surface area is 128 Å². The highest BCUT2D eigenvalue weighted by Crippen LogP contribution is 2.39. The molecule has 3 heteroatoms. The SMILES string of the molecule is CC(C)OCCN1CC[C@H](C)[C@@H](C)C1c1cccc(O)c1. The number of rotatable bonds is 5. The molecule has 0 amide bonds. The summed E-state index contributed by atoms with van der Waals surface area (Å²) in [5.41, 5.74) is 1.22. The molecule has 0 bridgehead atoms. The summed E-state index contributed by atoms with van der Waals surface area (Å²) >= 11 is 0. The Balaban J connectivity index is 2.13. The van der Waals surface area contributed by atoms with Gasteiger partial charge in [0.25, 0.3) is 0 Å². The number of benzene rings is 1. The van der Waals surface area contributed by atoms with Crippen molar-refractivity contribution in [1.82, 2.24) is 4.90 Å². The summed E-state index contributed by atoms with van der Waals surface area (Å²) in [6, 6.07) is 8.10. The normalized spacial score (nSPS) is 27.2. The first-order valence-electron chi connectivity index (χ1n) is 8.13. The molecule has 21 heavy (non-hydrogen) atoms. The van der Waals surface area contributed by atoms with Gasteiger partial charge in [-0.1, -0.05) is 26.0 Å². The minimum atomic E-state index is 0.283. The quantitative estimate of drug-likeness (QED) is 0.894. The largest absolute Gasteiger partial charge is 0.508 e. The zero-order valence-electron chi connectivity index (χ0n) is 13.7. The van der Waals surface area contributed by atoms with Crippen LogP contribution in [0, 0.1) is 11.8 Å². The zero-order valence-corrected chi connectivity index (χ0v) is 13.7. The van der Waals surface area contributed by atoms with Crippen molar-refractivity contribution in [3.63, 3.8) is 0 Å². The molecule has 1 saturated heterocycles. The van der Waals surface area contributed by atoms with Gasteiger partial charge in [-0.15, -0.1) is 0 Å². The van der Waals surface area contributed by atoms with Crippen LogP contribution in [0.25, 0.3) is 0 Å². The molecule has 0 spiro atoms. The molecule has 118 valence electrons. The van der Waals surface area contributed by atoms with Gasteiger partial charge >= 0.3 is 0 Å². The number of phenols is 1. The van der Waals surface area contributed by atoms with Crippen LogP contribution in [0.4, 0.5) is 0 Å². The second-order valence-electron chi connectivity index (χ2n) is 6.62. The third-order valence-electron chi connectivity index (χ3n) is 4.70.